The zero-order valence-electron chi connectivity index (χ0n) is 11.4. The molecule has 0 aromatic heterocycles. The van der Waals surface area contributed by atoms with E-state index < -0.39 is 17.7 Å². The van der Waals surface area contributed by atoms with Gasteiger partial charge in [0.15, 0.2) is 0 Å². The Morgan fingerprint density at radius 3 is 2.64 bits per heavy atom. The maximum absolute atomic E-state index is 13.1. The lowest BCUT2D eigenvalue weighted by molar-refractivity contribution is 0.249. The lowest BCUT2D eigenvalue weighted by atomic mass is 10.2. The molecule has 2 rings (SSSR count). The first-order valence-corrected chi connectivity index (χ1v) is 6.29. The number of hydrogen-bond acceptors (Lipinski definition) is 3. The number of carbonyl (C=O) groups excluding carboxylic acids is 1. The summed E-state index contributed by atoms with van der Waals surface area (Å²) in [7, 11) is 0. The summed E-state index contributed by atoms with van der Waals surface area (Å²) >= 11 is 0. The van der Waals surface area contributed by atoms with Gasteiger partial charge in [-0.2, -0.15) is 5.10 Å². The summed E-state index contributed by atoms with van der Waals surface area (Å²) in [4.78, 5) is 10.5. The molecule has 0 atom stereocenters. The second kappa shape index (κ2) is 7.16. The average Bonchev–Trinajstić information content (AvgIpc) is 2.44. The van der Waals surface area contributed by atoms with Crippen LogP contribution in [-0.2, 0) is 6.61 Å². The van der Waals surface area contributed by atoms with Crippen LogP contribution in [0.3, 0.4) is 0 Å². The zero-order chi connectivity index (χ0) is 15.9. The SMILES string of the molecule is NC(=O)NN=Cc1cccc(OCc2cc(F)cc(F)c2)c1. The minimum atomic E-state index is -0.767. The first-order valence-electron chi connectivity index (χ1n) is 6.29. The van der Waals surface area contributed by atoms with Gasteiger partial charge in [-0.05, 0) is 35.4 Å². The molecule has 0 unspecified atom stereocenters. The Bertz CT molecular complexity index is 685. The number of ether oxygens (including phenoxy) is 1. The molecule has 0 radical (unpaired) electrons. The van der Waals surface area contributed by atoms with Crippen LogP contribution in [0.5, 0.6) is 5.75 Å². The largest absolute Gasteiger partial charge is 0.489 e. The summed E-state index contributed by atoms with van der Waals surface area (Å²) < 4.78 is 31.6. The summed E-state index contributed by atoms with van der Waals surface area (Å²) in [6, 6.07) is 9.23. The van der Waals surface area contributed by atoms with Crippen molar-refractivity contribution >= 4 is 12.2 Å². The Labute approximate surface area is 125 Å². The fourth-order valence-corrected chi connectivity index (χ4v) is 1.72. The van der Waals surface area contributed by atoms with Crippen LogP contribution in [0, 0.1) is 11.6 Å². The van der Waals surface area contributed by atoms with E-state index in [1.165, 1.54) is 18.3 Å². The molecule has 114 valence electrons. The zero-order valence-corrected chi connectivity index (χ0v) is 11.4. The van der Waals surface area contributed by atoms with Gasteiger partial charge in [-0.15, -0.1) is 0 Å². The van der Waals surface area contributed by atoms with E-state index in [1.54, 1.807) is 24.3 Å². The third kappa shape index (κ3) is 4.86. The number of amides is 2. The number of nitrogens with one attached hydrogen (secondary N) is 1. The molecule has 5 nitrogen and oxygen atoms in total. The topological polar surface area (TPSA) is 76.7 Å². The molecule has 0 fully saturated rings. The molecule has 7 heteroatoms. The van der Waals surface area contributed by atoms with Crippen LogP contribution in [0.15, 0.2) is 47.6 Å². The number of benzene rings is 2. The van der Waals surface area contributed by atoms with E-state index in [0.29, 0.717) is 16.9 Å². The molecule has 0 heterocycles. The van der Waals surface area contributed by atoms with E-state index in [0.717, 1.165) is 6.07 Å². The Morgan fingerprint density at radius 2 is 1.95 bits per heavy atom. The molecule has 0 aliphatic heterocycles. The van der Waals surface area contributed by atoms with Crippen LogP contribution in [0.2, 0.25) is 0 Å². The molecule has 0 aliphatic carbocycles. The minimum absolute atomic E-state index is 0.0226. The predicted octanol–water partition coefficient (Wildman–Crippen LogP) is 2.55. The van der Waals surface area contributed by atoms with Gasteiger partial charge in [0, 0.05) is 6.07 Å². The summed E-state index contributed by atoms with van der Waals surface area (Å²) in [5.74, 6) is -0.818. The van der Waals surface area contributed by atoms with Gasteiger partial charge in [0.25, 0.3) is 0 Å². The molecule has 0 spiro atoms. The first kappa shape index (κ1) is 15.4. The molecule has 0 bridgehead atoms. The quantitative estimate of drug-likeness (QED) is 0.658. The molecule has 22 heavy (non-hydrogen) atoms. The van der Waals surface area contributed by atoms with Crippen molar-refractivity contribution in [3.63, 3.8) is 0 Å². The normalized spacial score (nSPS) is 10.6. The van der Waals surface area contributed by atoms with Crippen molar-refractivity contribution in [2.24, 2.45) is 10.8 Å². The van der Waals surface area contributed by atoms with Gasteiger partial charge in [-0.25, -0.2) is 19.0 Å². The van der Waals surface area contributed by atoms with Crippen LogP contribution >= 0.6 is 0 Å². The number of urea groups is 1. The molecule has 0 saturated carbocycles. The highest BCUT2D eigenvalue weighted by molar-refractivity contribution is 5.81. The summed E-state index contributed by atoms with van der Waals surface area (Å²) in [6.07, 6.45) is 1.39. The van der Waals surface area contributed by atoms with Gasteiger partial charge in [0.2, 0.25) is 0 Å². The van der Waals surface area contributed by atoms with Crippen molar-refractivity contribution < 1.29 is 18.3 Å². The number of hydrazone groups is 1. The Balaban J connectivity index is 2.01. The number of nitrogens with zero attached hydrogens (tertiary/aromatic N) is 1. The third-order valence-corrected chi connectivity index (χ3v) is 2.57. The molecule has 0 aliphatic rings. The molecular weight excluding hydrogens is 292 g/mol. The Hall–Kier alpha value is -2.96. The average molecular weight is 305 g/mol. The van der Waals surface area contributed by atoms with Crippen molar-refractivity contribution in [1.29, 1.82) is 0 Å². The number of rotatable bonds is 5. The molecule has 3 N–H and O–H groups in total. The summed E-state index contributed by atoms with van der Waals surface area (Å²) in [6.45, 7) is 0.0226. The van der Waals surface area contributed by atoms with Crippen molar-refractivity contribution in [2.75, 3.05) is 0 Å². The third-order valence-electron chi connectivity index (χ3n) is 2.57. The minimum Gasteiger partial charge on any atom is -0.489 e. The molecule has 2 aromatic carbocycles. The summed E-state index contributed by atoms with van der Waals surface area (Å²) in [5.41, 5.74) is 7.99. The Kier molecular flexibility index (Phi) is 5.02. The van der Waals surface area contributed by atoms with E-state index in [1.807, 2.05) is 0 Å². The molecule has 2 amide bonds. The second-order valence-electron chi connectivity index (χ2n) is 4.37. The lowest BCUT2D eigenvalue weighted by Crippen LogP contribution is -2.24. The van der Waals surface area contributed by atoms with Crippen molar-refractivity contribution in [3.8, 4) is 5.75 Å². The maximum atomic E-state index is 13.1. The van der Waals surface area contributed by atoms with Gasteiger partial charge < -0.3 is 10.5 Å². The van der Waals surface area contributed by atoms with Crippen LogP contribution in [0.4, 0.5) is 13.6 Å². The summed E-state index contributed by atoms with van der Waals surface area (Å²) in [5, 5.41) is 3.62. The van der Waals surface area contributed by atoms with Crippen LogP contribution in [-0.4, -0.2) is 12.2 Å². The highest BCUT2D eigenvalue weighted by Crippen LogP contribution is 2.15. The smallest absolute Gasteiger partial charge is 0.332 e. The fourth-order valence-electron chi connectivity index (χ4n) is 1.72. The fraction of sp³-hybridized carbons (Fsp3) is 0.0667. The van der Waals surface area contributed by atoms with E-state index in [2.05, 4.69) is 10.5 Å². The van der Waals surface area contributed by atoms with Gasteiger partial charge in [0.05, 0.1) is 6.21 Å². The number of primary amides is 1. The number of hydrogen-bond donors (Lipinski definition) is 2. The number of halogens is 2. The lowest BCUT2D eigenvalue weighted by Gasteiger charge is -2.07. The van der Waals surface area contributed by atoms with Gasteiger partial charge in [-0.1, -0.05) is 12.1 Å². The number of nitrogens with two attached hydrogens (primary N) is 1. The van der Waals surface area contributed by atoms with Crippen molar-refractivity contribution in [2.45, 2.75) is 6.61 Å². The van der Waals surface area contributed by atoms with Gasteiger partial charge >= 0.3 is 6.03 Å². The van der Waals surface area contributed by atoms with E-state index in [9.17, 15) is 13.6 Å². The van der Waals surface area contributed by atoms with Gasteiger partial charge in [-0.3, -0.25) is 0 Å². The van der Waals surface area contributed by atoms with E-state index in [4.69, 9.17) is 10.5 Å². The monoisotopic (exact) mass is 305 g/mol. The second-order valence-corrected chi connectivity index (χ2v) is 4.37. The first-order chi connectivity index (χ1) is 10.5. The number of carbonyl (C=O) groups is 1. The highest BCUT2D eigenvalue weighted by Gasteiger charge is 2.02. The standard InChI is InChI=1S/C15H13F2N3O2/c16-12-4-11(5-13(17)7-12)9-22-14-3-1-2-10(6-14)8-19-20-15(18)21/h1-8H,9H2,(H3,18,20,21). The van der Waals surface area contributed by atoms with Crippen LogP contribution < -0.4 is 15.9 Å². The van der Waals surface area contributed by atoms with E-state index in [-0.39, 0.29) is 6.61 Å². The van der Waals surface area contributed by atoms with Crippen LogP contribution in [0.1, 0.15) is 11.1 Å². The van der Waals surface area contributed by atoms with Crippen molar-refractivity contribution in [3.05, 3.63) is 65.2 Å². The van der Waals surface area contributed by atoms with Crippen LogP contribution in [0.25, 0.3) is 0 Å². The van der Waals surface area contributed by atoms with Gasteiger partial charge in [0.1, 0.15) is 24.0 Å². The molecular formula is C15H13F2N3O2. The predicted molar refractivity (Wildman–Crippen MR) is 77.4 cm³/mol. The van der Waals surface area contributed by atoms with Crippen molar-refractivity contribution in [1.82, 2.24) is 5.43 Å². The highest BCUT2D eigenvalue weighted by atomic mass is 19.1. The Morgan fingerprint density at radius 1 is 1.23 bits per heavy atom. The van der Waals surface area contributed by atoms with E-state index >= 15 is 0 Å². The molecule has 2 aromatic rings. The maximum Gasteiger partial charge on any atom is 0.332 e. The molecule has 0 saturated heterocycles.